The molecule has 4 heteroatoms. The van der Waals surface area contributed by atoms with Gasteiger partial charge in [0.25, 0.3) is 0 Å². The molecule has 0 amide bonds. The van der Waals surface area contributed by atoms with Gasteiger partial charge >= 0.3 is 0 Å². The van der Waals surface area contributed by atoms with Crippen LogP contribution in [0.15, 0.2) is 170 Å². The van der Waals surface area contributed by atoms with Crippen molar-refractivity contribution in [3.63, 3.8) is 0 Å². The van der Waals surface area contributed by atoms with Gasteiger partial charge in [-0.25, -0.2) is 4.98 Å². The van der Waals surface area contributed by atoms with Gasteiger partial charge in [-0.1, -0.05) is 129 Å². The van der Waals surface area contributed by atoms with Crippen LogP contribution in [-0.4, -0.2) is 9.97 Å². The highest BCUT2D eigenvalue weighted by Crippen LogP contribution is 2.59. The maximum atomic E-state index is 6.96. The number of ether oxygens (including phenoxy) is 2. The standard InChI is InChI=1S/C49H34N2O2/c1-49(2)39-21-7-6-19-38(39)46-40(49)24-25-45-48(46)53-47-37(20-12-23-44(47)52-45)32-15-10-17-34(27-32)42-29-36(31-13-4-3-5-14-31)30-43(51-42)35-18-11-16-33(28-35)41-22-8-9-26-50-41/h3-30H,1-2H3. The van der Waals surface area contributed by atoms with E-state index in [0.29, 0.717) is 11.5 Å². The first-order valence-corrected chi connectivity index (χ1v) is 18.0. The number of fused-ring (bicyclic) bond motifs is 6. The Morgan fingerprint density at radius 1 is 0.415 bits per heavy atom. The summed E-state index contributed by atoms with van der Waals surface area (Å²) in [6, 6.07) is 56.8. The highest BCUT2D eigenvalue weighted by Gasteiger charge is 2.39. The average Bonchev–Trinajstić information content (AvgIpc) is 3.46. The number of aromatic nitrogens is 2. The molecule has 53 heavy (non-hydrogen) atoms. The van der Waals surface area contributed by atoms with Crippen molar-refractivity contribution in [1.29, 1.82) is 0 Å². The predicted octanol–water partition coefficient (Wildman–Crippen LogP) is 13.0. The average molecular weight is 683 g/mol. The molecule has 3 heterocycles. The zero-order valence-electron chi connectivity index (χ0n) is 29.4. The Labute approximate surface area is 309 Å². The lowest BCUT2D eigenvalue weighted by Crippen LogP contribution is -2.15. The monoisotopic (exact) mass is 682 g/mol. The van der Waals surface area contributed by atoms with Crippen molar-refractivity contribution in [2.45, 2.75) is 19.3 Å². The van der Waals surface area contributed by atoms with E-state index in [2.05, 4.69) is 140 Å². The van der Waals surface area contributed by atoms with Crippen LogP contribution in [0.4, 0.5) is 0 Å². The fourth-order valence-electron chi connectivity index (χ4n) is 7.92. The summed E-state index contributed by atoms with van der Waals surface area (Å²) in [6.45, 7) is 4.56. The van der Waals surface area contributed by atoms with Gasteiger partial charge < -0.3 is 9.47 Å². The van der Waals surface area contributed by atoms with Gasteiger partial charge in [-0.2, -0.15) is 0 Å². The minimum atomic E-state index is -0.141. The second kappa shape index (κ2) is 12.2. The third-order valence-corrected chi connectivity index (χ3v) is 10.6. The highest BCUT2D eigenvalue weighted by atomic mass is 16.6. The van der Waals surface area contributed by atoms with Crippen LogP contribution in [0.25, 0.3) is 67.2 Å². The predicted molar refractivity (Wildman–Crippen MR) is 213 cm³/mol. The Kier molecular flexibility index (Phi) is 7.12. The summed E-state index contributed by atoms with van der Waals surface area (Å²) in [7, 11) is 0. The Bertz CT molecular complexity index is 2700. The van der Waals surface area contributed by atoms with E-state index in [0.717, 1.165) is 73.1 Å². The molecule has 0 bridgehead atoms. The van der Waals surface area contributed by atoms with Gasteiger partial charge in [0.05, 0.1) is 17.1 Å². The lowest BCUT2D eigenvalue weighted by Gasteiger charge is -2.26. The van der Waals surface area contributed by atoms with Crippen LogP contribution in [0.2, 0.25) is 0 Å². The molecular formula is C49H34N2O2. The number of nitrogens with zero attached hydrogens (tertiary/aromatic N) is 2. The van der Waals surface area contributed by atoms with Crippen molar-refractivity contribution in [2.75, 3.05) is 0 Å². The minimum absolute atomic E-state index is 0.141. The molecule has 0 fully saturated rings. The first kappa shape index (κ1) is 31.0. The second-order valence-electron chi connectivity index (χ2n) is 14.2. The Hall–Kier alpha value is -6.78. The lowest BCUT2D eigenvalue weighted by atomic mass is 9.82. The third kappa shape index (κ3) is 5.22. The third-order valence-electron chi connectivity index (χ3n) is 10.6. The normalized spacial score (nSPS) is 13.2. The molecule has 10 rings (SSSR count). The Morgan fingerprint density at radius 3 is 1.81 bits per heavy atom. The molecule has 6 aromatic carbocycles. The zero-order valence-corrected chi connectivity index (χ0v) is 29.4. The van der Waals surface area contributed by atoms with Crippen LogP contribution in [0.1, 0.15) is 25.0 Å². The van der Waals surface area contributed by atoms with Gasteiger partial charge in [0.2, 0.25) is 0 Å². The molecule has 1 aliphatic heterocycles. The number of rotatable bonds is 5. The smallest absolute Gasteiger partial charge is 0.178 e. The SMILES string of the molecule is CC1(C)c2ccccc2-c2c1ccc1c2Oc2c(cccc2-c2cccc(-c3cc(-c4ccccc4)cc(-c4cccc(-c5ccccn5)c4)n3)c2)O1. The molecule has 0 saturated heterocycles. The molecule has 0 radical (unpaired) electrons. The fourth-order valence-corrected chi connectivity index (χ4v) is 7.92. The van der Waals surface area contributed by atoms with Gasteiger partial charge in [-0.15, -0.1) is 0 Å². The van der Waals surface area contributed by atoms with Crippen molar-refractivity contribution in [3.05, 3.63) is 181 Å². The largest absolute Gasteiger partial charge is 0.449 e. The van der Waals surface area contributed by atoms with Crippen molar-refractivity contribution in [1.82, 2.24) is 9.97 Å². The maximum Gasteiger partial charge on any atom is 0.178 e. The summed E-state index contributed by atoms with van der Waals surface area (Å²) in [5.74, 6) is 2.92. The summed E-state index contributed by atoms with van der Waals surface area (Å²) in [6.07, 6.45) is 1.83. The summed E-state index contributed by atoms with van der Waals surface area (Å²) >= 11 is 0. The maximum absolute atomic E-state index is 6.96. The minimum Gasteiger partial charge on any atom is -0.449 e. The van der Waals surface area contributed by atoms with Gasteiger partial charge in [0.1, 0.15) is 0 Å². The molecule has 0 atom stereocenters. The van der Waals surface area contributed by atoms with Crippen LogP contribution >= 0.6 is 0 Å². The van der Waals surface area contributed by atoms with Gasteiger partial charge in [-0.05, 0) is 81.9 Å². The van der Waals surface area contributed by atoms with E-state index in [9.17, 15) is 0 Å². The number of para-hydroxylation sites is 1. The van der Waals surface area contributed by atoms with Crippen LogP contribution in [0.5, 0.6) is 23.0 Å². The van der Waals surface area contributed by atoms with Crippen molar-refractivity contribution in [2.24, 2.45) is 0 Å². The number of benzene rings is 6. The quantitative estimate of drug-likeness (QED) is 0.181. The molecule has 0 N–H and O–H groups in total. The van der Waals surface area contributed by atoms with Crippen molar-refractivity contribution >= 4 is 0 Å². The van der Waals surface area contributed by atoms with Crippen LogP contribution in [-0.2, 0) is 5.41 Å². The van der Waals surface area contributed by atoms with E-state index in [-0.39, 0.29) is 5.41 Å². The highest BCUT2D eigenvalue weighted by molar-refractivity contribution is 5.89. The molecule has 1 aliphatic carbocycles. The molecule has 2 aliphatic rings. The number of pyridine rings is 2. The number of hydrogen-bond donors (Lipinski definition) is 0. The van der Waals surface area contributed by atoms with Crippen LogP contribution in [0, 0.1) is 0 Å². The van der Waals surface area contributed by atoms with E-state index in [1.54, 1.807) is 0 Å². The molecule has 8 aromatic rings. The molecule has 0 spiro atoms. The van der Waals surface area contributed by atoms with Crippen molar-refractivity contribution < 1.29 is 9.47 Å². The Morgan fingerprint density at radius 2 is 1.04 bits per heavy atom. The molecular weight excluding hydrogens is 649 g/mol. The van der Waals surface area contributed by atoms with E-state index in [1.165, 1.54) is 16.7 Å². The first-order chi connectivity index (χ1) is 26.0. The number of hydrogen-bond acceptors (Lipinski definition) is 4. The molecule has 2 aromatic heterocycles. The molecule has 0 saturated carbocycles. The van der Waals surface area contributed by atoms with Crippen LogP contribution < -0.4 is 9.47 Å². The first-order valence-electron chi connectivity index (χ1n) is 18.0. The summed E-state index contributed by atoms with van der Waals surface area (Å²) in [5, 5.41) is 0. The topological polar surface area (TPSA) is 44.2 Å². The van der Waals surface area contributed by atoms with Gasteiger partial charge in [0.15, 0.2) is 23.0 Å². The van der Waals surface area contributed by atoms with Crippen molar-refractivity contribution in [3.8, 4) is 90.2 Å². The van der Waals surface area contributed by atoms with Crippen LogP contribution in [0.3, 0.4) is 0 Å². The van der Waals surface area contributed by atoms with E-state index in [4.69, 9.17) is 14.5 Å². The molecule has 4 nitrogen and oxygen atoms in total. The van der Waals surface area contributed by atoms with E-state index < -0.39 is 0 Å². The summed E-state index contributed by atoms with van der Waals surface area (Å²) < 4.78 is 13.5. The lowest BCUT2D eigenvalue weighted by molar-refractivity contribution is 0.361. The molecule has 0 unspecified atom stereocenters. The Balaban J connectivity index is 1.08. The molecule has 252 valence electrons. The van der Waals surface area contributed by atoms with E-state index in [1.807, 2.05) is 48.7 Å². The summed E-state index contributed by atoms with van der Waals surface area (Å²) in [4.78, 5) is 9.87. The fraction of sp³-hybridized carbons (Fsp3) is 0.0612. The zero-order chi connectivity index (χ0) is 35.5. The summed E-state index contributed by atoms with van der Waals surface area (Å²) in [5.41, 5.74) is 14.7. The second-order valence-corrected chi connectivity index (χ2v) is 14.2. The van der Waals surface area contributed by atoms with Gasteiger partial charge in [-0.3, -0.25) is 4.98 Å². The van der Waals surface area contributed by atoms with E-state index >= 15 is 0 Å². The van der Waals surface area contributed by atoms with Gasteiger partial charge in [0, 0.05) is 39.4 Å².